The van der Waals surface area contributed by atoms with Crippen molar-refractivity contribution in [2.45, 2.75) is 12.5 Å². The summed E-state index contributed by atoms with van der Waals surface area (Å²) < 4.78 is 37.0. The second kappa shape index (κ2) is 2.71. The lowest BCUT2D eigenvalue weighted by Crippen LogP contribution is -2.08. The van der Waals surface area contributed by atoms with Crippen molar-refractivity contribution in [1.29, 1.82) is 0 Å². The van der Waals surface area contributed by atoms with Crippen LogP contribution in [-0.4, -0.2) is 0 Å². The third-order valence-electron chi connectivity index (χ3n) is 1.71. The molecule has 0 unspecified atom stereocenters. The maximum Gasteiger partial charge on any atom is 0.416 e. The third-order valence-corrected chi connectivity index (χ3v) is 1.71. The Morgan fingerprint density at radius 2 is 1.69 bits per heavy atom. The average Bonchev–Trinajstić information content (AvgIpc) is 2.85. The van der Waals surface area contributed by atoms with Gasteiger partial charge in [-0.2, -0.15) is 22.9 Å². The van der Waals surface area contributed by atoms with Gasteiger partial charge in [-0.3, -0.25) is 0 Å². The molecule has 1 saturated heterocycles. The van der Waals surface area contributed by atoms with E-state index in [1.807, 2.05) is 0 Å². The van der Waals surface area contributed by atoms with Crippen LogP contribution in [0, 0.1) is 0 Å². The number of rotatable bonds is 1. The lowest BCUT2D eigenvalue weighted by atomic mass is 10.1. The first-order valence-electron chi connectivity index (χ1n) is 3.57. The summed E-state index contributed by atoms with van der Waals surface area (Å²) in [5, 5.41) is 0. The van der Waals surface area contributed by atoms with E-state index in [2.05, 4.69) is 9.78 Å². The van der Waals surface area contributed by atoms with Crippen LogP contribution < -0.4 is 0 Å². The molecule has 0 aromatic heterocycles. The smallest absolute Gasteiger partial charge is 0.193 e. The highest BCUT2D eigenvalue weighted by Crippen LogP contribution is 2.40. The standard InChI is InChI=1S/C8H5F3O2/c9-8(10,11)6-4-2-1-3-5(6)7-12-13-7/h1-4,7H. The van der Waals surface area contributed by atoms with Gasteiger partial charge in [-0.25, -0.2) is 0 Å². The Morgan fingerprint density at radius 3 is 2.23 bits per heavy atom. The number of halogens is 3. The second-order valence-corrected chi connectivity index (χ2v) is 2.61. The molecule has 1 heterocycles. The van der Waals surface area contributed by atoms with Gasteiger partial charge in [0.15, 0.2) is 0 Å². The number of hydrogen-bond acceptors (Lipinski definition) is 2. The molecule has 5 heteroatoms. The quantitative estimate of drug-likeness (QED) is 0.502. The van der Waals surface area contributed by atoms with Crippen LogP contribution in [0.3, 0.4) is 0 Å². The molecule has 0 bridgehead atoms. The molecule has 0 spiro atoms. The number of hydrogen-bond donors (Lipinski definition) is 0. The van der Waals surface area contributed by atoms with Crippen LogP contribution in [0.25, 0.3) is 0 Å². The molecule has 1 fully saturated rings. The molecule has 1 aliphatic rings. The summed E-state index contributed by atoms with van der Waals surface area (Å²) in [5.74, 6) is 0. The third kappa shape index (κ3) is 1.66. The predicted octanol–water partition coefficient (Wildman–Crippen LogP) is 2.67. The summed E-state index contributed by atoms with van der Waals surface area (Å²) in [6.07, 6.45) is -5.20. The van der Waals surface area contributed by atoms with E-state index in [1.54, 1.807) is 0 Å². The van der Waals surface area contributed by atoms with E-state index >= 15 is 0 Å². The van der Waals surface area contributed by atoms with Gasteiger partial charge in [0.1, 0.15) is 0 Å². The maximum absolute atomic E-state index is 12.3. The van der Waals surface area contributed by atoms with Gasteiger partial charge in [0.25, 0.3) is 0 Å². The van der Waals surface area contributed by atoms with E-state index in [-0.39, 0.29) is 5.56 Å². The molecular weight excluding hydrogens is 185 g/mol. The first kappa shape index (κ1) is 8.52. The van der Waals surface area contributed by atoms with Crippen molar-refractivity contribution in [2.75, 3.05) is 0 Å². The lowest BCUT2D eigenvalue weighted by Gasteiger charge is -2.08. The summed E-state index contributed by atoms with van der Waals surface area (Å²) in [4.78, 5) is 8.66. The van der Waals surface area contributed by atoms with Gasteiger partial charge in [0, 0.05) is 5.56 Å². The van der Waals surface area contributed by atoms with Gasteiger partial charge in [-0.15, -0.1) is 0 Å². The summed E-state index contributed by atoms with van der Waals surface area (Å²) in [6.45, 7) is 0. The Balaban J connectivity index is 2.43. The average molecular weight is 190 g/mol. The lowest BCUT2D eigenvalue weighted by molar-refractivity contribution is -0.138. The molecule has 0 aliphatic carbocycles. The molecule has 1 aromatic rings. The van der Waals surface area contributed by atoms with Crippen molar-refractivity contribution in [3.05, 3.63) is 35.4 Å². The van der Waals surface area contributed by atoms with Gasteiger partial charge in [-0.1, -0.05) is 18.2 Å². The van der Waals surface area contributed by atoms with Gasteiger partial charge in [-0.05, 0) is 6.07 Å². The minimum Gasteiger partial charge on any atom is -0.193 e. The highest BCUT2D eigenvalue weighted by molar-refractivity contribution is 5.31. The van der Waals surface area contributed by atoms with Crippen molar-refractivity contribution in [3.63, 3.8) is 0 Å². The van der Waals surface area contributed by atoms with E-state index in [1.165, 1.54) is 18.2 Å². The van der Waals surface area contributed by atoms with Crippen molar-refractivity contribution < 1.29 is 22.9 Å². The second-order valence-electron chi connectivity index (χ2n) is 2.61. The molecule has 70 valence electrons. The van der Waals surface area contributed by atoms with Crippen molar-refractivity contribution >= 4 is 0 Å². The minimum absolute atomic E-state index is 0.0231. The van der Waals surface area contributed by atoms with E-state index < -0.39 is 18.0 Å². The minimum atomic E-state index is -4.36. The van der Waals surface area contributed by atoms with Crippen LogP contribution in [0.2, 0.25) is 0 Å². The van der Waals surface area contributed by atoms with Gasteiger partial charge < -0.3 is 0 Å². The monoisotopic (exact) mass is 190 g/mol. The molecule has 0 radical (unpaired) electrons. The first-order valence-corrected chi connectivity index (χ1v) is 3.57. The van der Waals surface area contributed by atoms with Crippen molar-refractivity contribution in [2.24, 2.45) is 0 Å². The summed E-state index contributed by atoms with van der Waals surface area (Å²) in [6, 6.07) is 5.17. The van der Waals surface area contributed by atoms with Crippen LogP contribution in [0.1, 0.15) is 17.4 Å². The molecule has 1 aliphatic heterocycles. The fraction of sp³-hybridized carbons (Fsp3) is 0.250. The summed E-state index contributed by atoms with van der Waals surface area (Å²) in [7, 11) is 0. The van der Waals surface area contributed by atoms with E-state index in [4.69, 9.17) is 0 Å². The molecule has 1 aromatic carbocycles. The van der Waals surface area contributed by atoms with Crippen LogP contribution in [0.5, 0.6) is 0 Å². The van der Waals surface area contributed by atoms with E-state index in [9.17, 15) is 13.2 Å². The molecule has 13 heavy (non-hydrogen) atoms. The highest BCUT2D eigenvalue weighted by atomic mass is 19.4. The largest absolute Gasteiger partial charge is 0.416 e. The van der Waals surface area contributed by atoms with Gasteiger partial charge in [0.05, 0.1) is 5.56 Å². The van der Waals surface area contributed by atoms with Gasteiger partial charge >= 0.3 is 6.18 Å². The Morgan fingerprint density at radius 1 is 1.08 bits per heavy atom. The first-order chi connectivity index (χ1) is 6.09. The Bertz CT molecular complexity index is 317. The molecule has 0 atom stereocenters. The fourth-order valence-electron chi connectivity index (χ4n) is 1.09. The van der Waals surface area contributed by atoms with Crippen LogP contribution in [-0.2, 0) is 16.0 Å². The van der Waals surface area contributed by atoms with E-state index in [0.717, 1.165) is 6.07 Å². The molecule has 0 N–H and O–H groups in total. The molecular formula is C8H5F3O2. The van der Waals surface area contributed by atoms with Crippen molar-refractivity contribution in [3.8, 4) is 0 Å². The number of benzene rings is 1. The predicted molar refractivity (Wildman–Crippen MR) is 36.4 cm³/mol. The summed E-state index contributed by atoms with van der Waals surface area (Å²) in [5.41, 5.74) is -0.688. The van der Waals surface area contributed by atoms with Crippen molar-refractivity contribution in [1.82, 2.24) is 0 Å². The molecule has 0 amide bonds. The molecule has 2 nitrogen and oxygen atoms in total. The zero-order valence-corrected chi connectivity index (χ0v) is 6.34. The van der Waals surface area contributed by atoms with Crippen LogP contribution in [0.15, 0.2) is 24.3 Å². The van der Waals surface area contributed by atoms with Crippen LogP contribution >= 0.6 is 0 Å². The topological polar surface area (TPSA) is 25.1 Å². The normalized spacial score (nSPS) is 17.5. The fourth-order valence-corrected chi connectivity index (χ4v) is 1.09. The van der Waals surface area contributed by atoms with E-state index in [0.29, 0.717) is 0 Å². The van der Waals surface area contributed by atoms with Crippen LogP contribution in [0.4, 0.5) is 13.2 Å². The van der Waals surface area contributed by atoms with Gasteiger partial charge in [0.2, 0.25) is 6.29 Å². The molecule has 0 saturated carbocycles. The molecule has 2 rings (SSSR count). The maximum atomic E-state index is 12.3. The zero-order chi connectivity index (χ0) is 9.47. The number of alkyl halides is 3. The Labute approximate surface area is 71.8 Å². The highest BCUT2D eigenvalue weighted by Gasteiger charge is 2.40. The zero-order valence-electron chi connectivity index (χ0n) is 6.34. The Hall–Kier alpha value is -1.07. The summed E-state index contributed by atoms with van der Waals surface area (Å²) >= 11 is 0. The SMILES string of the molecule is FC(F)(F)c1ccccc1C1OO1. The Kier molecular flexibility index (Phi) is 1.78.